The van der Waals surface area contributed by atoms with E-state index in [1.54, 1.807) is 6.26 Å². The molecular formula is C36H57NO4S. The molecule has 236 valence electrons. The molecule has 2 aromatic rings. The van der Waals surface area contributed by atoms with Crippen molar-refractivity contribution in [3.63, 3.8) is 0 Å². The van der Waals surface area contributed by atoms with Crippen LogP contribution < -0.4 is 4.74 Å². The molecule has 5 nitrogen and oxygen atoms in total. The van der Waals surface area contributed by atoms with Crippen molar-refractivity contribution in [2.75, 3.05) is 19.5 Å². The molecule has 3 heterocycles. The minimum atomic E-state index is -0.563. The van der Waals surface area contributed by atoms with Gasteiger partial charge in [-0.15, -0.1) is 0 Å². The van der Waals surface area contributed by atoms with Gasteiger partial charge in [0.15, 0.2) is 0 Å². The Bertz CT molecular complexity index is 1180. The second kappa shape index (κ2) is 13.6. The number of fused-ring (bicyclic) bond motifs is 4. The molecular weight excluding hydrogens is 542 g/mol. The van der Waals surface area contributed by atoms with Crippen molar-refractivity contribution >= 4 is 12.6 Å². The normalized spacial score (nSPS) is 25.9. The first-order valence-corrected chi connectivity index (χ1v) is 16.7. The van der Waals surface area contributed by atoms with Crippen LogP contribution in [-0.2, 0) is 21.5 Å². The molecule has 1 fully saturated rings. The highest BCUT2D eigenvalue weighted by Crippen LogP contribution is 2.58. The van der Waals surface area contributed by atoms with Gasteiger partial charge in [-0.3, -0.25) is 4.98 Å². The summed E-state index contributed by atoms with van der Waals surface area (Å²) in [6.07, 6.45) is 3.89. The molecule has 1 spiro atoms. The Morgan fingerprint density at radius 2 is 1.67 bits per heavy atom. The van der Waals surface area contributed by atoms with Gasteiger partial charge in [-0.1, -0.05) is 80.9 Å². The predicted molar refractivity (Wildman–Crippen MR) is 177 cm³/mol. The van der Waals surface area contributed by atoms with E-state index in [-0.39, 0.29) is 29.5 Å². The first-order chi connectivity index (χ1) is 19.6. The van der Waals surface area contributed by atoms with Crippen molar-refractivity contribution < 1.29 is 19.3 Å². The number of hydrogen-bond donors (Lipinski definition) is 2. The number of benzene rings is 1. The number of nitrogens with zero attached hydrogens (tertiary/aromatic N) is 1. The molecule has 1 N–H and O–H groups in total. The van der Waals surface area contributed by atoms with Gasteiger partial charge in [0.1, 0.15) is 17.5 Å². The predicted octanol–water partition coefficient (Wildman–Crippen LogP) is 8.97. The number of hydrogen-bond acceptors (Lipinski definition) is 6. The van der Waals surface area contributed by atoms with Crippen LogP contribution in [0.5, 0.6) is 5.75 Å². The minimum Gasteiger partial charge on any atom is -0.491 e. The fraction of sp³-hybridized carbons (Fsp3) is 0.694. The number of pyridine rings is 1. The fourth-order valence-electron chi connectivity index (χ4n) is 6.18. The van der Waals surface area contributed by atoms with Crippen molar-refractivity contribution in [3.05, 3.63) is 57.9 Å². The average Bonchev–Trinajstić information content (AvgIpc) is 3.44. The van der Waals surface area contributed by atoms with Crippen molar-refractivity contribution in [2.24, 2.45) is 16.7 Å². The van der Waals surface area contributed by atoms with Crippen LogP contribution >= 0.6 is 12.6 Å². The van der Waals surface area contributed by atoms with Crippen molar-refractivity contribution in [3.8, 4) is 5.75 Å². The van der Waals surface area contributed by atoms with E-state index in [0.29, 0.717) is 18.6 Å². The minimum absolute atomic E-state index is 0.0119. The van der Waals surface area contributed by atoms with Gasteiger partial charge < -0.3 is 19.3 Å². The third-order valence-corrected chi connectivity index (χ3v) is 8.76. The quantitative estimate of drug-likeness (QED) is 0.344. The van der Waals surface area contributed by atoms with Crippen LogP contribution in [-0.4, -0.2) is 35.7 Å². The SMILES string of the molecule is CC(C)Oc1ccc(C2OC3(COCC3C)c3c4c(nc(C(C)C)c32)CC(C)(C)CC4O)cc1.CCC(C)(C)C.CS. The highest BCUT2D eigenvalue weighted by molar-refractivity contribution is 7.79. The van der Waals surface area contributed by atoms with Crippen LogP contribution in [0.15, 0.2) is 24.3 Å². The number of aliphatic hydroxyl groups excluding tert-OH is 1. The third-order valence-electron chi connectivity index (χ3n) is 8.76. The monoisotopic (exact) mass is 599 g/mol. The smallest absolute Gasteiger partial charge is 0.123 e. The molecule has 6 heteroatoms. The third kappa shape index (κ3) is 7.36. The molecule has 5 rings (SSSR count). The molecule has 0 amide bonds. The van der Waals surface area contributed by atoms with E-state index in [0.717, 1.165) is 52.2 Å². The lowest BCUT2D eigenvalue weighted by Gasteiger charge is -2.38. The number of rotatable bonds is 4. The Morgan fingerprint density at radius 3 is 2.14 bits per heavy atom. The molecule has 1 aromatic carbocycles. The Kier molecular flexibility index (Phi) is 11.3. The molecule has 42 heavy (non-hydrogen) atoms. The molecule has 4 atom stereocenters. The van der Waals surface area contributed by atoms with Gasteiger partial charge in [-0.05, 0) is 67.4 Å². The number of aromatic nitrogens is 1. The molecule has 0 radical (unpaired) electrons. The van der Waals surface area contributed by atoms with Gasteiger partial charge in [0.25, 0.3) is 0 Å². The maximum absolute atomic E-state index is 11.4. The second-order valence-electron chi connectivity index (χ2n) is 14.8. The number of aliphatic hydroxyl groups is 1. The molecule has 3 aliphatic rings. The van der Waals surface area contributed by atoms with Gasteiger partial charge in [0.05, 0.1) is 25.4 Å². The van der Waals surface area contributed by atoms with Crippen LogP contribution in [0.1, 0.15) is 141 Å². The van der Waals surface area contributed by atoms with Crippen molar-refractivity contribution in [2.45, 2.75) is 125 Å². The second-order valence-corrected chi connectivity index (χ2v) is 14.8. The molecule has 1 aliphatic carbocycles. The van der Waals surface area contributed by atoms with Crippen LogP contribution in [0.25, 0.3) is 0 Å². The van der Waals surface area contributed by atoms with E-state index in [1.165, 1.54) is 6.42 Å². The van der Waals surface area contributed by atoms with E-state index in [2.05, 4.69) is 87.1 Å². The molecule has 2 aliphatic heterocycles. The van der Waals surface area contributed by atoms with Gasteiger partial charge in [0.2, 0.25) is 0 Å². The Hall–Kier alpha value is -1.60. The van der Waals surface area contributed by atoms with Crippen molar-refractivity contribution in [1.82, 2.24) is 4.98 Å². The number of thiol groups is 1. The summed E-state index contributed by atoms with van der Waals surface area (Å²) in [4.78, 5) is 5.24. The Labute approximate surface area is 261 Å². The van der Waals surface area contributed by atoms with Crippen LogP contribution in [0.4, 0.5) is 0 Å². The summed E-state index contributed by atoms with van der Waals surface area (Å²) in [5.74, 6) is 1.28. The van der Waals surface area contributed by atoms with E-state index in [4.69, 9.17) is 19.2 Å². The standard InChI is InChI=1S/C29H39NO4.C6H14.CH4S/c1-16(2)26-24-25(23-21(30-26)12-28(6,7)13-22(23)31)29(15-32-14-18(29)5)34-27(24)19-8-10-20(11-9-19)33-17(3)4;1-5-6(2,3)4;1-2/h8-11,16-18,22,27,31H,12-15H2,1-7H3;5H2,1-4H3;2H,1H3. The van der Waals surface area contributed by atoms with E-state index < -0.39 is 11.7 Å². The zero-order valence-electron chi connectivity index (χ0n) is 28.3. The van der Waals surface area contributed by atoms with E-state index >= 15 is 0 Å². The summed E-state index contributed by atoms with van der Waals surface area (Å²) in [7, 11) is 0. The fourth-order valence-corrected chi connectivity index (χ4v) is 6.18. The summed E-state index contributed by atoms with van der Waals surface area (Å²) < 4.78 is 18.9. The van der Waals surface area contributed by atoms with Crippen molar-refractivity contribution in [1.29, 1.82) is 0 Å². The first-order valence-electron chi connectivity index (χ1n) is 15.8. The first kappa shape index (κ1) is 34.9. The summed E-state index contributed by atoms with van der Waals surface area (Å²) >= 11 is 3.53. The zero-order valence-corrected chi connectivity index (χ0v) is 29.2. The summed E-state index contributed by atoms with van der Waals surface area (Å²) in [5, 5.41) is 11.4. The van der Waals surface area contributed by atoms with Gasteiger partial charge in [0, 0.05) is 34.0 Å². The summed E-state index contributed by atoms with van der Waals surface area (Å²) in [5.41, 5.74) is 6.49. The largest absolute Gasteiger partial charge is 0.491 e. The van der Waals surface area contributed by atoms with Crippen LogP contribution in [0, 0.1) is 16.7 Å². The van der Waals surface area contributed by atoms with Gasteiger partial charge >= 0.3 is 0 Å². The van der Waals surface area contributed by atoms with Crippen LogP contribution in [0.2, 0.25) is 0 Å². The summed E-state index contributed by atoms with van der Waals surface area (Å²) in [6.45, 7) is 25.2. The Morgan fingerprint density at radius 1 is 1.07 bits per heavy atom. The highest BCUT2D eigenvalue weighted by atomic mass is 32.1. The van der Waals surface area contributed by atoms with Gasteiger partial charge in [-0.25, -0.2) is 0 Å². The molecule has 4 unspecified atom stereocenters. The van der Waals surface area contributed by atoms with Gasteiger partial charge in [-0.2, -0.15) is 12.6 Å². The number of ether oxygens (including phenoxy) is 3. The average molecular weight is 600 g/mol. The maximum atomic E-state index is 11.4. The molecule has 1 saturated heterocycles. The molecule has 0 saturated carbocycles. The molecule has 1 aromatic heterocycles. The van der Waals surface area contributed by atoms with E-state index in [1.807, 2.05) is 26.0 Å². The summed E-state index contributed by atoms with van der Waals surface area (Å²) in [6, 6.07) is 8.26. The van der Waals surface area contributed by atoms with Crippen LogP contribution in [0.3, 0.4) is 0 Å². The van der Waals surface area contributed by atoms with E-state index in [9.17, 15) is 5.11 Å². The highest BCUT2D eigenvalue weighted by Gasteiger charge is 2.56. The lowest BCUT2D eigenvalue weighted by Crippen LogP contribution is -2.37. The lowest BCUT2D eigenvalue weighted by molar-refractivity contribution is -0.0841. The lowest BCUT2D eigenvalue weighted by atomic mass is 9.69. The topological polar surface area (TPSA) is 60.8 Å². The molecule has 0 bridgehead atoms. The Balaban J connectivity index is 0.000000541. The zero-order chi connectivity index (χ0) is 31.6. The maximum Gasteiger partial charge on any atom is 0.123 e.